The van der Waals surface area contributed by atoms with E-state index in [0.29, 0.717) is 0 Å². The van der Waals surface area contributed by atoms with E-state index in [1.165, 1.54) is 64.2 Å². The van der Waals surface area contributed by atoms with Crippen molar-refractivity contribution in [2.24, 2.45) is 11.8 Å². The zero-order chi connectivity index (χ0) is 13.4. The van der Waals surface area contributed by atoms with Crippen molar-refractivity contribution in [2.45, 2.75) is 87.0 Å². The molecule has 114 valence electrons. The third-order valence-corrected chi connectivity index (χ3v) is 8.90. The Labute approximate surface area is 131 Å². The van der Waals surface area contributed by atoms with Crippen LogP contribution in [0.25, 0.3) is 0 Å². The fourth-order valence-electron chi connectivity index (χ4n) is 4.85. The predicted octanol–water partition coefficient (Wildman–Crippen LogP) is 4.12. The molecule has 2 N–H and O–H groups in total. The SMILES string of the molecule is C1CCC2NC(SSC3CC4CCCCC4N3)CC2C1. The van der Waals surface area contributed by atoms with Crippen molar-refractivity contribution in [1.29, 1.82) is 0 Å². The first-order valence-electron chi connectivity index (χ1n) is 8.73. The molecule has 0 bridgehead atoms. The summed E-state index contributed by atoms with van der Waals surface area (Å²) in [6.07, 6.45) is 14.5. The maximum atomic E-state index is 3.89. The van der Waals surface area contributed by atoms with Gasteiger partial charge in [-0.3, -0.25) is 0 Å². The number of nitrogens with one attached hydrogen (secondary N) is 2. The van der Waals surface area contributed by atoms with E-state index < -0.39 is 0 Å². The van der Waals surface area contributed by atoms with Crippen LogP contribution in [-0.2, 0) is 0 Å². The Morgan fingerprint density at radius 2 is 1.05 bits per heavy atom. The molecule has 4 fully saturated rings. The van der Waals surface area contributed by atoms with E-state index in [9.17, 15) is 0 Å². The van der Waals surface area contributed by atoms with Crippen LogP contribution in [0.15, 0.2) is 0 Å². The molecule has 20 heavy (non-hydrogen) atoms. The first-order chi connectivity index (χ1) is 9.88. The van der Waals surface area contributed by atoms with E-state index >= 15 is 0 Å². The monoisotopic (exact) mass is 312 g/mol. The van der Waals surface area contributed by atoms with Crippen molar-refractivity contribution in [3.8, 4) is 0 Å². The Bertz CT molecular complexity index is 278. The summed E-state index contributed by atoms with van der Waals surface area (Å²) in [6, 6.07) is 1.70. The van der Waals surface area contributed by atoms with E-state index in [0.717, 1.165) is 34.7 Å². The lowest BCUT2D eigenvalue weighted by molar-refractivity contribution is 0.326. The van der Waals surface area contributed by atoms with Crippen LogP contribution in [0.1, 0.15) is 64.2 Å². The Hall–Kier alpha value is 0.620. The van der Waals surface area contributed by atoms with Crippen molar-refractivity contribution in [3.63, 3.8) is 0 Å². The highest BCUT2D eigenvalue weighted by Gasteiger charge is 2.38. The Morgan fingerprint density at radius 3 is 1.50 bits per heavy atom. The Morgan fingerprint density at radius 1 is 0.600 bits per heavy atom. The molecule has 2 aliphatic heterocycles. The van der Waals surface area contributed by atoms with Crippen LogP contribution in [-0.4, -0.2) is 22.8 Å². The number of hydrogen-bond donors (Lipinski definition) is 2. The molecule has 6 unspecified atom stereocenters. The van der Waals surface area contributed by atoms with Crippen molar-refractivity contribution in [3.05, 3.63) is 0 Å². The highest BCUT2D eigenvalue weighted by atomic mass is 33.1. The van der Waals surface area contributed by atoms with Crippen LogP contribution in [0, 0.1) is 11.8 Å². The standard InChI is InChI=1S/C16H28N2S2/c1-3-7-13-11(5-1)9-15(17-13)19-20-16-10-12-6-2-4-8-14(12)18-16/h11-18H,1-10H2. The molecule has 0 spiro atoms. The molecule has 0 aromatic heterocycles. The average molecular weight is 313 g/mol. The molecule has 0 amide bonds. The van der Waals surface area contributed by atoms with E-state index in [-0.39, 0.29) is 0 Å². The molecule has 4 heteroatoms. The average Bonchev–Trinajstić information content (AvgIpc) is 3.07. The minimum Gasteiger partial charge on any atom is -0.302 e. The second kappa shape index (κ2) is 6.39. The van der Waals surface area contributed by atoms with Gasteiger partial charge in [0.15, 0.2) is 0 Å². The first kappa shape index (κ1) is 14.2. The molecule has 2 saturated carbocycles. The van der Waals surface area contributed by atoms with Gasteiger partial charge in [0.2, 0.25) is 0 Å². The number of fused-ring (bicyclic) bond motifs is 2. The van der Waals surface area contributed by atoms with Gasteiger partial charge in [-0.2, -0.15) is 0 Å². The molecule has 0 aromatic rings. The molecule has 0 aromatic carbocycles. The van der Waals surface area contributed by atoms with Gasteiger partial charge in [0.1, 0.15) is 0 Å². The van der Waals surface area contributed by atoms with E-state index in [4.69, 9.17) is 0 Å². The maximum absolute atomic E-state index is 3.89. The Balaban J connectivity index is 1.23. The summed E-state index contributed by atoms with van der Waals surface area (Å²) in [6.45, 7) is 0. The summed E-state index contributed by atoms with van der Waals surface area (Å²) in [4.78, 5) is 0. The molecule has 4 aliphatic rings. The zero-order valence-electron chi connectivity index (χ0n) is 12.4. The van der Waals surface area contributed by atoms with Crippen LogP contribution in [0.2, 0.25) is 0 Å². The molecule has 4 rings (SSSR count). The van der Waals surface area contributed by atoms with E-state index in [2.05, 4.69) is 32.2 Å². The van der Waals surface area contributed by atoms with E-state index in [1.54, 1.807) is 0 Å². The highest BCUT2D eigenvalue weighted by molar-refractivity contribution is 8.77. The number of rotatable bonds is 3. The highest BCUT2D eigenvalue weighted by Crippen LogP contribution is 2.45. The lowest BCUT2D eigenvalue weighted by Crippen LogP contribution is -2.32. The largest absolute Gasteiger partial charge is 0.302 e. The third-order valence-electron chi connectivity index (χ3n) is 5.94. The maximum Gasteiger partial charge on any atom is 0.0642 e. The van der Waals surface area contributed by atoms with Gasteiger partial charge in [-0.25, -0.2) is 0 Å². The minimum absolute atomic E-state index is 0.720. The van der Waals surface area contributed by atoms with Crippen LogP contribution in [0.3, 0.4) is 0 Å². The van der Waals surface area contributed by atoms with Crippen molar-refractivity contribution < 1.29 is 0 Å². The summed E-state index contributed by atoms with van der Waals surface area (Å²) in [5.41, 5.74) is 0. The first-order valence-corrected chi connectivity index (χ1v) is 11.0. The molecule has 6 atom stereocenters. The van der Waals surface area contributed by atoms with Gasteiger partial charge in [0.05, 0.1) is 10.7 Å². The van der Waals surface area contributed by atoms with Crippen molar-refractivity contribution in [2.75, 3.05) is 0 Å². The summed E-state index contributed by atoms with van der Waals surface area (Å²) in [7, 11) is 4.27. The number of hydrogen-bond acceptors (Lipinski definition) is 4. The zero-order valence-corrected chi connectivity index (χ0v) is 14.0. The second-order valence-corrected chi connectivity index (χ2v) is 9.95. The molecule has 2 aliphatic carbocycles. The molecular formula is C16H28N2S2. The van der Waals surface area contributed by atoms with Crippen LogP contribution >= 0.6 is 21.6 Å². The third kappa shape index (κ3) is 3.04. The smallest absolute Gasteiger partial charge is 0.0642 e. The fourth-order valence-corrected chi connectivity index (χ4v) is 7.84. The van der Waals surface area contributed by atoms with Gasteiger partial charge >= 0.3 is 0 Å². The van der Waals surface area contributed by atoms with Gasteiger partial charge in [-0.15, -0.1) is 0 Å². The fraction of sp³-hybridized carbons (Fsp3) is 1.00. The molecule has 2 nitrogen and oxygen atoms in total. The van der Waals surface area contributed by atoms with Gasteiger partial charge in [0, 0.05) is 12.1 Å². The van der Waals surface area contributed by atoms with Gasteiger partial charge in [-0.1, -0.05) is 47.3 Å². The summed E-state index contributed by atoms with van der Waals surface area (Å²) in [5, 5.41) is 9.23. The Kier molecular flexibility index (Phi) is 4.55. The summed E-state index contributed by atoms with van der Waals surface area (Å²) >= 11 is 0. The molecule has 2 saturated heterocycles. The topological polar surface area (TPSA) is 24.1 Å². The van der Waals surface area contributed by atoms with Gasteiger partial charge in [-0.05, 0) is 50.4 Å². The molecule has 2 heterocycles. The van der Waals surface area contributed by atoms with Crippen LogP contribution in [0.4, 0.5) is 0 Å². The molecular weight excluding hydrogens is 284 g/mol. The second-order valence-electron chi connectivity index (χ2n) is 7.28. The quantitative estimate of drug-likeness (QED) is 0.765. The van der Waals surface area contributed by atoms with E-state index in [1.807, 2.05) is 0 Å². The van der Waals surface area contributed by atoms with Gasteiger partial charge in [0.25, 0.3) is 0 Å². The predicted molar refractivity (Wildman–Crippen MR) is 89.8 cm³/mol. The molecule has 0 radical (unpaired) electrons. The summed E-state index contributed by atoms with van der Waals surface area (Å²) < 4.78 is 0. The van der Waals surface area contributed by atoms with Crippen molar-refractivity contribution >= 4 is 21.6 Å². The normalized spacial score (nSPS) is 48.0. The van der Waals surface area contributed by atoms with Gasteiger partial charge < -0.3 is 10.6 Å². The van der Waals surface area contributed by atoms with Crippen LogP contribution in [0.5, 0.6) is 0 Å². The van der Waals surface area contributed by atoms with Crippen LogP contribution < -0.4 is 10.6 Å². The lowest BCUT2D eigenvalue weighted by Gasteiger charge is -2.24. The summed E-state index contributed by atoms with van der Waals surface area (Å²) in [5.74, 6) is 1.97. The van der Waals surface area contributed by atoms with Crippen molar-refractivity contribution in [1.82, 2.24) is 10.6 Å². The lowest BCUT2D eigenvalue weighted by atomic mass is 9.86. The minimum atomic E-state index is 0.720.